The van der Waals surface area contributed by atoms with Gasteiger partial charge in [-0.05, 0) is 35.9 Å². The number of carboxylic acid groups (broad SMARTS) is 1. The van der Waals surface area contributed by atoms with Crippen LogP contribution in [0.1, 0.15) is 15.9 Å². The van der Waals surface area contributed by atoms with Gasteiger partial charge in [0.25, 0.3) is 0 Å². The summed E-state index contributed by atoms with van der Waals surface area (Å²) in [7, 11) is 0. The van der Waals surface area contributed by atoms with Gasteiger partial charge in [-0.1, -0.05) is 12.1 Å². The van der Waals surface area contributed by atoms with Crippen molar-refractivity contribution in [2.75, 3.05) is 5.73 Å². The zero-order valence-electron chi connectivity index (χ0n) is 9.97. The van der Waals surface area contributed by atoms with E-state index in [2.05, 4.69) is 0 Å². The SMILES string of the molecule is Nc1cc(C(=O)O)ccc1OCc1ccc(F)cc1. The summed E-state index contributed by atoms with van der Waals surface area (Å²) in [4.78, 5) is 10.7. The Morgan fingerprint density at radius 3 is 2.47 bits per heavy atom. The Bertz CT molecular complexity index is 596. The molecule has 0 fully saturated rings. The Balaban J connectivity index is 2.07. The van der Waals surface area contributed by atoms with Crippen LogP contribution in [0.15, 0.2) is 42.5 Å². The third-order valence-corrected chi connectivity index (χ3v) is 2.56. The van der Waals surface area contributed by atoms with Gasteiger partial charge in [0.1, 0.15) is 18.2 Å². The molecule has 0 radical (unpaired) electrons. The molecule has 98 valence electrons. The highest BCUT2D eigenvalue weighted by molar-refractivity contribution is 5.89. The van der Waals surface area contributed by atoms with Gasteiger partial charge >= 0.3 is 5.97 Å². The Kier molecular flexibility index (Phi) is 3.66. The van der Waals surface area contributed by atoms with Crippen molar-refractivity contribution in [3.8, 4) is 5.75 Å². The lowest BCUT2D eigenvalue weighted by Crippen LogP contribution is -2.02. The minimum atomic E-state index is -1.04. The molecule has 0 unspecified atom stereocenters. The van der Waals surface area contributed by atoms with Gasteiger partial charge in [-0.25, -0.2) is 9.18 Å². The lowest BCUT2D eigenvalue weighted by Gasteiger charge is -2.09. The summed E-state index contributed by atoms with van der Waals surface area (Å²) in [6, 6.07) is 10.2. The molecule has 0 aliphatic rings. The predicted molar refractivity (Wildman–Crippen MR) is 68.5 cm³/mol. The molecular weight excluding hydrogens is 249 g/mol. The van der Waals surface area contributed by atoms with E-state index >= 15 is 0 Å². The number of aromatic carboxylic acids is 1. The molecule has 0 saturated heterocycles. The molecule has 2 rings (SSSR count). The van der Waals surface area contributed by atoms with Gasteiger partial charge in [-0.15, -0.1) is 0 Å². The second-order valence-corrected chi connectivity index (χ2v) is 3.97. The lowest BCUT2D eigenvalue weighted by molar-refractivity contribution is 0.0697. The number of anilines is 1. The number of carboxylic acids is 1. The van der Waals surface area contributed by atoms with Gasteiger partial charge in [0.2, 0.25) is 0 Å². The van der Waals surface area contributed by atoms with E-state index in [9.17, 15) is 9.18 Å². The van der Waals surface area contributed by atoms with Crippen molar-refractivity contribution in [1.29, 1.82) is 0 Å². The maximum Gasteiger partial charge on any atom is 0.335 e. The van der Waals surface area contributed by atoms with E-state index in [1.165, 1.54) is 30.3 Å². The van der Waals surface area contributed by atoms with Gasteiger partial charge in [0.05, 0.1) is 11.3 Å². The number of nitrogens with two attached hydrogens (primary N) is 1. The number of hydrogen-bond donors (Lipinski definition) is 2. The number of hydrogen-bond acceptors (Lipinski definition) is 3. The summed E-state index contributed by atoms with van der Waals surface area (Å²) in [5, 5.41) is 8.80. The first-order valence-corrected chi connectivity index (χ1v) is 5.56. The summed E-state index contributed by atoms with van der Waals surface area (Å²) < 4.78 is 18.2. The predicted octanol–water partition coefficient (Wildman–Crippen LogP) is 2.69. The van der Waals surface area contributed by atoms with Crippen LogP contribution in [0.3, 0.4) is 0 Å². The molecule has 0 bridgehead atoms. The smallest absolute Gasteiger partial charge is 0.335 e. The number of halogens is 1. The van der Waals surface area contributed by atoms with E-state index < -0.39 is 5.97 Å². The minimum absolute atomic E-state index is 0.103. The Hall–Kier alpha value is -2.56. The highest BCUT2D eigenvalue weighted by Gasteiger charge is 2.07. The monoisotopic (exact) mass is 261 g/mol. The topological polar surface area (TPSA) is 72.6 Å². The molecule has 0 aliphatic heterocycles. The maximum absolute atomic E-state index is 12.7. The molecule has 3 N–H and O–H groups in total. The first-order valence-electron chi connectivity index (χ1n) is 5.56. The molecular formula is C14H12FNO3. The molecule has 5 heteroatoms. The molecule has 2 aromatic rings. The highest BCUT2D eigenvalue weighted by Crippen LogP contribution is 2.23. The van der Waals surface area contributed by atoms with Gasteiger partial charge in [-0.3, -0.25) is 0 Å². The van der Waals surface area contributed by atoms with E-state index in [0.29, 0.717) is 5.75 Å². The third kappa shape index (κ3) is 3.22. The summed E-state index contributed by atoms with van der Waals surface area (Å²) >= 11 is 0. The average molecular weight is 261 g/mol. The van der Waals surface area contributed by atoms with Crippen molar-refractivity contribution < 1.29 is 19.0 Å². The average Bonchev–Trinajstić information content (AvgIpc) is 2.39. The number of benzene rings is 2. The van der Waals surface area contributed by atoms with Crippen molar-refractivity contribution in [3.05, 3.63) is 59.4 Å². The second kappa shape index (κ2) is 5.39. The Morgan fingerprint density at radius 2 is 1.89 bits per heavy atom. The Morgan fingerprint density at radius 1 is 1.21 bits per heavy atom. The molecule has 4 nitrogen and oxygen atoms in total. The molecule has 0 aromatic heterocycles. The normalized spacial score (nSPS) is 10.2. The number of carbonyl (C=O) groups is 1. The first-order chi connectivity index (χ1) is 9.06. The van der Waals surface area contributed by atoms with Gasteiger partial charge in [-0.2, -0.15) is 0 Å². The summed E-state index contributed by atoms with van der Waals surface area (Å²) in [6.45, 7) is 0.233. The quantitative estimate of drug-likeness (QED) is 0.830. The highest BCUT2D eigenvalue weighted by atomic mass is 19.1. The van der Waals surface area contributed by atoms with Crippen LogP contribution >= 0.6 is 0 Å². The van der Waals surface area contributed by atoms with Crippen LogP contribution in [0.25, 0.3) is 0 Å². The van der Waals surface area contributed by atoms with E-state index in [-0.39, 0.29) is 23.7 Å². The molecule has 0 spiro atoms. The van der Waals surface area contributed by atoms with E-state index in [4.69, 9.17) is 15.6 Å². The van der Waals surface area contributed by atoms with Crippen molar-refractivity contribution in [2.45, 2.75) is 6.61 Å². The van der Waals surface area contributed by atoms with Crippen LogP contribution in [0.2, 0.25) is 0 Å². The van der Waals surface area contributed by atoms with Crippen molar-refractivity contribution >= 4 is 11.7 Å². The summed E-state index contributed by atoms with van der Waals surface area (Å²) in [5.74, 6) is -0.958. The van der Waals surface area contributed by atoms with Crippen LogP contribution in [0, 0.1) is 5.82 Å². The molecule has 0 heterocycles. The van der Waals surface area contributed by atoms with Crippen LogP contribution in [-0.4, -0.2) is 11.1 Å². The number of ether oxygens (including phenoxy) is 1. The van der Waals surface area contributed by atoms with Crippen LogP contribution in [-0.2, 0) is 6.61 Å². The first kappa shape index (κ1) is 12.9. The fourth-order valence-electron chi connectivity index (χ4n) is 1.55. The molecule has 19 heavy (non-hydrogen) atoms. The molecule has 0 saturated carbocycles. The van der Waals surface area contributed by atoms with Crippen LogP contribution < -0.4 is 10.5 Å². The van der Waals surface area contributed by atoms with Gasteiger partial charge in [0.15, 0.2) is 0 Å². The summed E-state index contributed by atoms with van der Waals surface area (Å²) in [5.41, 5.74) is 6.85. The lowest BCUT2D eigenvalue weighted by atomic mass is 10.2. The fourth-order valence-corrected chi connectivity index (χ4v) is 1.55. The number of rotatable bonds is 4. The second-order valence-electron chi connectivity index (χ2n) is 3.97. The van der Waals surface area contributed by atoms with Crippen molar-refractivity contribution in [3.63, 3.8) is 0 Å². The van der Waals surface area contributed by atoms with Crippen LogP contribution in [0.4, 0.5) is 10.1 Å². The summed E-state index contributed by atoms with van der Waals surface area (Å²) in [6.07, 6.45) is 0. The molecule has 2 aromatic carbocycles. The molecule has 0 aliphatic carbocycles. The van der Waals surface area contributed by atoms with E-state index in [0.717, 1.165) is 5.56 Å². The van der Waals surface area contributed by atoms with Crippen molar-refractivity contribution in [1.82, 2.24) is 0 Å². The van der Waals surface area contributed by atoms with E-state index in [1.807, 2.05) is 0 Å². The zero-order valence-corrected chi connectivity index (χ0v) is 9.97. The minimum Gasteiger partial charge on any atom is -0.487 e. The molecule has 0 atom stereocenters. The molecule has 0 amide bonds. The zero-order chi connectivity index (χ0) is 13.8. The van der Waals surface area contributed by atoms with Crippen LogP contribution in [0.5, 0.6) is 5.75 Å². The fraction of sp³-hybridized carbons (Fsp3) is 0.0714. The van der Waals surface area contributed by atoms with E-state index in [1.54, 1.807) is 12.1 Å². The number of nitrogen functional groups attached to an aromatic ring is 1. The standard InChI is InChI=1S/C14H12FNO3/c15-11-4-1-9(2-5-11)8-19-13-6-3-10(14(17)18)7-12(13)16/h1-7H,8,16H2,(H,17,18). The van der Waals surface area contributed by atoms with Gasteiger partial charge in [0, 0.05) is 0 Å². The van der Waals surface area contributed by atoms with Gasteiger partial charge < -0.3 is 15.6 Å². The Labute approximate surface area is 109 Å². The maximum atomic E-state index is 12.7. The van der Waals surface area contributed by atoms with Crippen molar-refractivity contribution in [2.24, 2.45) is 0 Å². The third-order valence-electron chi connectivity index (χ3n) is 2.56. The largest absolute Gasteiger partial charge is 0.487 e.